The number of allylic oxidation sites excluding steroid dienone is 1. The lowest BCUT2D eigenvalue weighted by Gasteiger charge is -2.18. The highest BCUT2D eigenvalue weighted by Gasteiger charge is 2.13. The molecule has 2 N–H and O–H groups in total. The summed E-state index contributed by atoms with van der Waals surface area (Å²) in [6.45, 7) is 0. The summed E-state index contributed by atoms with van der Waals surface area (Å²) in [7, 11) is 0. The van der Waals surface area contributed by atoms with Gasteiger partial charge in [0.2, 0.25) is 0 Å². The molecule has 1 aromatic heterocycles. The molecule has 0 spiro atoms. The van der Waals surface area contributed by atoms with Gasteiger partial charge in [-0.2, -0.15) is 0 Å². The van der Waals surface area contributed by atoms with Gasteiger partial charge in [-0.15, -0.1) is 0 Å². The molecule has 2 rings (SSSR count). The van der Waals surface area contributed by atoms with Gasteiger partial charge in [-0.1, -0.05) is 36.1 Å². The Morgan fingerprint density at radius 1 is 1.18 bits per heavy atom. The van der Waals surface area contributed by atoms with E-state index >= 15 is 0 Å². The van der Waals surface area contributed by atoms with Crippen molar-refractivity contribution >= 4 is 11.6 Å². The average molecular weight is 251 g/mol. The van der Waals surface area contributed by atoms with Crippen LogP contribution in [0.1, 0.15) is 50.3 Å². The summed E-state index contributed by atoms with van der Waals surface area (Å²) in [6, 6.07) is 3.71. The minimum atomic E-state index is -0.0645. The average Bonchev–Trinajstić information content (AvgIpc) is 2.29. The summed E-state index contributed by atoms with van der Waals surface area (Å²) in [5.41, 5.74) is 8.52. The van der Waals surface area contributed by atoms with Gasteiger partial charge in [-0.3, -0.25) is 4.98 Å². The van der Waals surface area contributed by atoms with Gasteiger partial charge in [-0.05, 0) is 37.8 Å². The lowest BCUT2D eigenvalue weighted by molar-refractivity contribution is 0.599. The zero-order chi connectivity index (χ0) is 12.1. The van der Waals surface area contributed by atoms with E-state index in [2.05, 4.69) is 11.1 Å². The largest absolute Gasteiger partial charge is 0.319 e. The highest BCUT2D eigenvalue weighted by Crippen LogP contribution is 2.26. The zero-order valence-corrected chi connectivity index (χ0v) is 10.8. The second-order valence-electron chi connectivity index (χ2n) is 4.61. The molecule has 92 valence electrons. The Morgan fingerprint density at radius 3 is 2.76 bits per heavy atom. The standard InChI is InChI=1S/C14H19ClN2/c15-12-8-9-13(17-10-12)14(16)11-6-4-2-1-3-5-7-11/h6,8-10,14H,1-5,7,16H2/b11-6+. The van der Waals surface area contributed by atoms with Crippen LogP contribution in [0.5, 0.6) is 0 Å². The minimum Gasteiger partial charge on any atom is -0.319 e. The number of pyridine rings is 1. The smallest absolute Gasteiger partial charge is 0.0685 e. The fourth-order valence-corrected chi connectivity index (χ4v) is 2.37. The van der Waals surface area contributed by atoms with E-state index in [9.17, 15) is 0 Å². The highest BCUT2D eigenvalue weighted by atomic mass is 35.5. The molecule has 0 amide bonds. The van der Waals surface area contributed by atoms with Gasteiger partial charge in [0.1, 0.15) is 0 Å². The van der Waals surface area contributed by atoms with Crippen LogP contribution in [0.15, 0.2) is 30.0 Å². The van der Waals surface area contributed by atoms with Gasteiger partial charge in [0.15, 0.2) is 0 Å². The van der Waals surface area contributed by atoms with Gasteiger partial charge in [0.25, 0.3) is 0 Å². The fourth-order valence-electron chi connectivity index (χ4n) is 2.26. The molecule has 1 heterocycles. The van der Waals surface area contributed by atoms with E-state index in [1.807, 2.05) is 12.1 Å². The maximum Gasteiger partial charge on any atom is 0.0685 e. The fraction of sp³-hybridized carbons (Fsp3) is 0.500. The number of aromatic nitrogens is 1. The summed E-state index contributed by atoms with van der Waals surface area (Å²) in [6.07, 6.45) is 11.4. The summed E-state index contributed by atoms with van der Waals surface area (Å²) in [4.78, 5) is 4.31. The number of halogens is 1. The van der Waals surface area contributed by atoms with Crippen LogP contribution in [0.3, 0.4) is 0 Å². The summed E-state index contributed by atoms with van der Waals surface area (Å²) >= 11 is 5.83. The third-order valence-electron chi connectivity index (χ3n) is 3.29. The SMILES string of the molecule is NC(/C1=C/CCCCCC1)c1ccc(Cl)cn1. The first-order valence-electron chi connectivity index (χ1n) is 6.33. The zero-order valence-electron chi connectivity index (χ0n) is 10.0. The predicted molar refractivity (Wildman–Crippen MR) is 72.0 cm³/mol. The molecule has 2 nitrogen and oxygen atoms in total. The van der Waals surface area contributed by atoms with Crippen LogP contribution in [0.4, 0.5) is 0 Å². The summed E-state index contributed by atoms with van der Waals surface area (Å²) in [5.74, 6) is 0. The third-order valence-corrected chi connectivity index (χ3v) is 3.52. The number of nitrogens with two attached hydrogens (primary N) is 1. The third kappa shape index (κ3) is 3.55. The minimum absolute atomic E-state index is 0.0645. The molecule has 17 heavy (non-hydrogen) atoms. The molecule has 0 aromatic carbocycles. The number of hydrogen-bond donors (Lipinski definition) is 1. The molecule has 0 radical (unpaired) electrons. The molecule has 3 heteroatoms. The molecule has 1 unspecified atom stereocenters. The maximum atomic E-state index is 6.27. The second-order valence-corrected chi connectivity index (χ2v) is 5.05. The Morgan fingerprint density at radius 2 is 2.00 bits per heavy atom. The van der Waals surface area contributed by atoms with Crippen molar-refractivity contribution in [3.8, 4) is 0 Å². The quantitative estimate of drug-likeness (QED) is 0.806. The molecule has 1 atom stereocenters. The molecule has 1 aromatic rings. The van der Waals surface area contributed by atoms with Crippen molar-refractivity contribution in [1.29, 1.82) is 0 Å². The molecule has 0 saturated heterocycles. The van der Waals surface area contributed by atoms with E-state index in [4.69, 9.17) is 17.3 Å². The van der Waals surface area contributed by atoms with E-state index in [1.54, 1.807) is 6.20 Å². The van der Waals surface area contributed by atoms with Gasteiger partial charge < -0.3 is 5.73 Å². The van der Waals surface area contributed by atoms with Crippen LogP contribution in [0, 0.1) is 0 Å². The van der Waals surface area contributed by atoms with E-state index in [0.29, 0.717) is 5.02 Å². The van der Waals surface area contributed by atoms with E-state index in [0.717, 1.165) is 18.5 Å². The van der Waals surface area contributed by atoms with E-state index < -0.39 is 0 Å². The van der Waals surface area contributed by atoms with Crippen LogP contribution in [0.25, 0.3) is 0 Å². The van der Waals surface area contributed by atoms with Crippen LogP contribution in [-0.4, -0.2) is 4.98 Å². The van der Waals surface area contributed by atoms with Crippen LogP contribution < -0.4 is 5.73 Å². The Bertz CT molecular complexity index is 384. The number of rotatable bonds is 2. The van der Waals surface area contributed by atoms with Gasteiger partial charge in [-0.25, -0.2) is 0 Å². The van der Waals surface area contributed by atoms with Crippen molar-refractivity contribution in [2.75, 3.05) is 0 Å². The monoisotopic (exact) mass is 250 g/mol. The van der Waals surface area contributed by atoms with E-state index in [1.165, 1.54) is 31.3 Å². The van der Waals surface area contributed by atoms with Crippen molar-refractivity contribution in [3.05, 3.63) is 40.7 Å². The van der Waals surface area contributed by atoms with Crippen molar-refractivity contribution in [1.82, 2.24) is 4.98 Å². The van der Waals surface area contributed by atoms with Crippen molar-refractivity contribution in [3.63, 3.8) is 0 Å². The molecule has 0 saturated carbocycles. The van der Waals surface area contributed by atoms with Crippen LogP contribution in [-0.2, 0) is 0 Å². The maximum absolute atomic E-state index is 6.27. The van der Waals surface area contributed by atoms with Gasteiger partial charge >= 0.3 is 0 Å². The normalized spacial score (nSPS) is 22.1. The lowest BCUT2D eigenvalue weighted by Crippen LogP contribution is -2.15. The van der Waals surface area contributed by atoms with Crippen molar-refractivity contribution < 1.29 is 0 Å². The molecule has 0 fully saturated rings. The number of nitrogens with zero attached hydrogens (tertiary/aromatic N) is 1. The predicted octanol–water partition coefficient (Wildman–Crippen LogP) is 4.02. The Hall–Kier alpha value is -0.860. The summed E-state index contributed by atoms with van der Waals surface area (Å²) < 4.78 is 0. The molecule has 0 bridgehead atoms. The van der Waals surface area contributed by atoms with Gasteiger partial charge in [0, 0.05) is 6.20 Å². The summed E-state index contributed by atoms with van der Waals surface area (Å²) in [5, 5.41) is 0.660. The molecule has 0 aliphatic heterocycles. The van der Waals surface area contributed by atoms with E-state index in [-0.39, 0.29) is 6.04 Å². The molecular weight excluding hydrogens is 232 g/mol. The van der Waals surface area contributed by atoms with Crippen LogP contribution in [0.2, 0.25) is 5.02 Å². The highest BCUT2D eigenvalue weighted by molar-refractivity contribution is 6.30. The first kappa shape index (κ1) is 12.6. The Kier molecular flexibility index (Phi) is 4.57. The Balaban J connectivity index is 2.11. The van der Waals surface area contributed by atoms with Crippen molar-refractivity contribution in [2.45, 2.75) is 44.6 Å². The molecular formula is C14H19ClN2. The topological polar surface area (TPSA) is 38.9 Å². The second kappa shape index (κ2) is 6.18. The van der Waals surface area contributed by atoms with Gasteiger partial charge in [0.05, 0.1) is 16.8 Å². The lowest BCUT2D eigenvalue weighted by atomic mass is 9.93. The first-order valence-corrected chi connectivity index (χ1v) is 6.71. The molecule has 1 aliphatic carbocycles. The van der Waals surface area contributed by atoms with Crippen molar-refractivity contribution in [2.24, 2.45) is 5.73 Å². The molecule has 1 aliphatic rings. The Labute approximate surface area is 108 Å². The van der Waals surface area contributed by atoms with Crippen LogP contribution >= 0.6 is 11.6 Å². The number of hydrogen-bond acceptors (Lipinski definition) is 2. The first-order chi connectivity index (χ1) is 8.27.